The Kier molecular flexibility index (Phi) is 4.36. The van der Waals surface area contributed by atoms with Crippen molar-refractivity contribution in [2.75, 3.05) is 0 Å². The summed E-state index contributed by atoms with van der Waals surface area (Å²) >= 11 is 0. The van der Waals surface area contributed by atoms with Gasteiger partial charge in [-0.15, -0.1) is 0 Å². The van der Waals surface area contributed by atoms with Gasteiger partial charge in [0.15, 0.2) is 0 Å². The van der Waals surface area contributed by atoms with Gasteiger partial charge >= 0.3 is 0 Å². The molecule has 0 aliphatic carbocycles. The highest BCUT2D eigenvalue weighted by Gasteiger charge is 2.16. The minimum atomic E-state index is -0.663. The second-order valence-electron chi connectivity index (χ2n) is 5.18. The highest BCUT2D eigenvalue weighted by atomic mass is 19.1. The molecule has 0 saturated carbocycles. The molecule has 21 heavy (non-hydrogen) atoms. The van der Waals surface area contributed by atoms with Crippen LogP contribution in [0.25, 0.3) is 0 Å². The fourth-order valence-electron chi connectivity index (χ4n) is 2.27. The van der Waals surface area contributed by atoms with Crippen molar-refractivity contribution in [2.24, 2.45) is 0 Å². The van der Waals surface area contributed by atoms with Crippen molar-refractivity contribution in [1.82, 2.24) is 5.32 Å². The number of halogens is 2. The fourth-order valence-corrected chi connectivity index (χ4v) is 2.27. The van der Waals surface area contributed by atoms with E-state index in [2.05, 4.69) is 5.32 Å². The van der Waals surface area contributed by atoms with Gasteiger partial charge in [0.05, 0.1) is 6.04 Å². The first kappa shape index (κ1) is 15.2. The molecule has 2 nitrogen and oxygen atoms in total. The molecule has 0 fully saturated rings. The molecule has 1 unspecified atom stereocenters. The Bertz CT molecular complexity index is 682. The maximum absolute atomic E-state index is 13.7. The molecule has 4 heteroatoms. The SMILES string of the molecule is Cc1ccc(C(=O)NC(C)c2ccc(F)cc2F)c(C)c1. The first-order chi connectivity index (χ1) is 9.88. The van der Waals surface area contributed by atoms with E-state index in [-0.39, 0.29) is 11.5 Å². The van der Waals surface area contributed by atoms with Gasteiger partial charge in [0.2, 0.25) is 0 Å². The Morgan fingerprint density at radius 2 is 1.81 bits per heavy atom. The van der Waals surface area contributed by atoms with E-state index in [0.717, 1.165) is 17.2 Å². The number of carbonyl (C=O) groups is 1. The maximum atomic E-state index is 13.7. The molecular formula is C17H17F2NO. The summed E-state index contributed by atoms with van der Waals surface area (Å²) in [7, 11) is 0. The number of hydrogen-bond acceptors (Lipinski definition) is 1. The maximum Gasteiger partial charge on any atom is 0.252 e. The van der Waals surface area contributed by atoms with Crippen molar-refractivity contribution >= 4 is 5.91 Å². The van der Waals surface area contributed by atoms with Crippen molar-refractivity contribution in [3.63, 3.8) is 0 Å². The summed E-state index contributed by atoms with van der Waals surface area (Å²) < 4.78 is 26.6. The topological polar surface area (TPSA) is 29.1 Å². The first-order valence-corrected chi connectivity index (χ1v) is 6.71. The van der Waals surface area contributed by atoms with Crippen molar-refractivity contribution in [3.05, 3.63) is 70.3 Å². The minimum absolute atomic E-state index is 0.259. The molecule has 1 amide bonds. The van der Waals surface area contributed by atoms with E-state index in [4.69, 9.17) is 0 Å². The van der Waals surface area contributed by atoms with Crippen LogP contribution in [-0.2, 0) is 0 Å². The molecule has 1 atom stereocenters. The zero-order valence-corrected chi connectivity index (χ0v) is 12.2. The summed E-state index contributed by atoms with van der Waals surface area (Å²) in [5.74, 6) is -1.57. The molecule has 0 radical (unpaired) electrons. The van der Waals surface area contributed by atoms with E-state index in [1.807, 2.05) is 26.0 Å². The van der Waals surface area contributed by atoms with Crippen molar-refractivity contribution in [2.45, 2.75) is 26.8 Å². The third-order valence-electron chi connectivity index (χ3n) is 3.40. The fraction of sp³-hybridized carbons (Fsp3) is 0.235. The number of carbonyl (C=O) groups excluding carboxylic acids is 1. The Labute approximate surface area is 122 Å². The summed E-state index contributed by atoms with van der Waals surface area (Å²) in [6.07, 6.45) is 0. The average molecular weight is 289 g/mol. The summed E-state index contributed by atoms with van der Waals surface area (Å²) in [5.41, 5.74) is 2.74. The van der Waals surface area contributed by atoms with Crippen LogP contribution in [0.4, 0.5) is 8.78 Å². The molecule has 0 spiro atoms. The summed E-state index contributed by atoms with van der Waals surface area (Å²) in [4.78, 5) is 12.2. The van der Waals surface area contributed by atoms with Crippen molar-refractivity contribution in [3.8, 4) is 0 Å². The monoisotopic (exact) mass is 289 g/mol. The molecule has 0 bridgehead atoms. The van der Waals surface area contributed by atoms with Gasteiger partial charge < -0.3 is 5.32 Å². The lowest BCUT2D eigenvalue weighted by molar-refractivity contribution is 0.0939. The molecule has 0 heterocycles. The number of rotatable bonds is 3. The Morgan fingerprint density at radius 3 is 2.43 bits per heavy atom. The van der Waals surface area contributed by atoms with Crippen LogP contribution in [0.15, 0.2) is 36.4 Å². The molecule has 0 aliphatic heterocycles. The molecule has 0 saturated heterocycles. The highest BCUT2D eigenvalue weighted by molar-refractivity contribution is 5.95. The summed E-state index contributed by atoms with van der Waals surface area (Å²) in [6.45, 7) is 5.47. The smallest absolute Gasteiger partial charge is 0.252 e. The quantitative estimate of drug-likeness (QED) is 0.906. The van der Waals surface area contributed by atoms with Gasteiger partial charge in [-0.1, -0.05) is 23.8 Å². The first-order valence-electron chi connectivity index (χ1n) is 6.71. The van der Waals surface area contributed by atoms with E-state index in [9.17, 15) is 13.6 Å². The molecule has 2 aromatic carbocycles. The lowest BCUT2D eigenvalue weighted by atomic mass is 10.0. The van der Waals surface area contributed by atoms with Crippen LogP contribution in [0.3, 0.4) is 0 Å². The van der Waals surface area contributed by atoms with E-state index in [1.165, 1.54) is 12.1 Å². The Balaban J connectivity index is 2.18. The van der Waals surface area contributed by atoms with E-state index < -0.39 is 17.7 Å². The second-order valence-corrected chi connectivity index (χ2v) is 5.18. The lowest BCUT2D eigenvalue weighted by Gasteiger charge is -2.16. The van der Waals surface area contributed by atoms with Crippen molar-refractivity contribution < 1.29 is 13.6 Å². The second kappa shape index (κ2) is 6.04. The van der Waals surface area contributed by atoms with Crippen LogP contribution < -0.4 is 5.32 Å². The van der Waals surface area contributed by atoms with Crippen LogP contribution in [-0.4, -0.2) is 5.91 Å². The molecule has 0 aliphatic rings. The van der Waals surface area contributed by atoms with Gasteiger partial charge in [-0.25, -0.2) is 8.78 Å². The van der Waals surface area contributed by atoms with Gasteiger partial charge in [-0.2, -0.15) is 0 Å². The third kappa shape index (κ3) is 3.45. The predicted octanol–water partition coefficient (Wildman–Crippen LogP) is 4.07. The van der Waals surface area contributed by atoms with E-state index in [0.29, 0.717) is 5.56 Å². The number of hydrogen-bond donors (Lipinski definition) is 1. The van der Waals surface area contributed by atoms with Crippen LogP contribution in [0.2, 0.25) is 0 Å². The highest BCUT2D eigenvalue weighted by Crippen LogP contribution is 2.19. The van der Waals surface area contributed by atoms with Crippen LogP contribution in [0.5, 0.6) is 0 Å². The van der Waals surface area contributed by atoms with Gasteiger partial charge in [-0.3, -0.25) is 4.79 Å². The molecule has 110 valence electrons. The zero-order chi connectivity index (χ0) is 15.6. The molecule has 2 rings (SSSR count). The standard InChI is InChI=1S/C17H17F2NO/c1-10-4-6-14(11(2)8-10)17(21)20-12(3)15-7-5-13(18)9-16(15)19/h4-9,12H,1-3H3,(H,20,21). The van der Waals surface area contributed by atoms with E-state index in [1.54, 1.807) is 13.0 Å². The van der Waals surface area contributed by atoms with Crippen molar-refractivity contribution in [1.29, 1.82) is 0 Å². The number of aryl methyl sites for hydroxylation is 2. The van der Waals surface area contributed by atoms with Crippen LogP contribution in [0, 0.1) is 25.5 Å². The Morgan fingerprint density at radius 1 is 1.10 bits per heavy atom. The third-order valence-corrected chi connectivity index (χ3v) is 3.40. The number of benzene rings is 2. The van der Waals surface area contributed by atoms with Crippen LogP contribution >= 0.6 is 0 Å². The molecule has 0 aromatic heterocycles. The summed E-state index contributed by atoms with van der Waals surface area (Å²) in [6, 6.07) is 8.31. The average Bonchev–Trinajstić information content (AvgIpc) is 2.37. The Hall–Kier alpha value is -2.23. The summed E-state index contributed by atoms with van der Waals surface area (Å²) in [5, 5.41) is 2.73. The van der Waals surface area contributed by atoms with Crippen LogP contribution in [0.1, 0.15) is 40.0 Å². The normalized spacial score (nSPS) is 12.0. The lowest BCUT2D eigenvalue weighted by Crippen LogP contribution is -2.27. The van der Waals surface area contributed by atoms with Gasteiger partial charge in [0, 0.05) is 17.2 Å². The van der Waals surface area contributed by atoms with E-state index >= 15 is 0 Å². The molecule has 1 N–H and O–H groups in total. The minimum Gasteiger partial charge on any atom is -0.345 e. The van der Waals surface area contributed by atoms with Gasteiger partial charge in [-0.05, 0) is 38.5 Å². The number of nitrogens with one attached hydrogen (secondary N) is 1. The van der Waals surface area contributed by atoms with Gasteiger partial charge in [0.1, 0.15) is 11.6 Å². The number of amides is 1. The molecule has 2 aromatic rings. The zero-order valence-electron chi connectivity index (χ0n) is 12.2. The van der Waals surface area contributed by atoms with Gasteiger partial charge in [0.25, 0.3) is 5.91 Å². The molecular weight excluding hydrogens is 272 g/mol. The predicted molar refractivity (Wildman–Crippen MR) is 78.2 cm³/mol. The largest absolute Gasteiger partial charge is 0.345 e.